The second-order valence-electron chi connectivity index (χ2n) is 9.41. The Balaban J connectivity index is 1.29. The highest BCUT2D eigenvalue weighted by atomic mass is 79.9. The van der Waals surface area contributed by atoms with Gasteiger partial charge >= 0.3 is 6.03 Å². The standard InChI is InChI=1S/C27H27BrN6O2/c1-17-29-26(36-31-17)21-7-3-6-20-19(21)5-4-8-23(20)30-27(35)34-10-9-18-15-22(28)25(16-24(18)34)33-13-11-32(2)12-14-33/h3-8,15-16H,9-14H2,1-2H3,(H,30,35). The van der Waals surface area contributed by atoms with E-state index in [4.69, 9.17) is 4.52 Å². The van der Waals surface area contributed by atoms with Crippen LogP contribution in [0.2, 0.25) is 0 Å². The lowest BCUT2D eigenvalue weighted by molar-refractivity contribution is 0.257. The molecule has 3 aromatic carbocycles. The molecule has 0 unspecified atom stereocenters. The Morgan fingerprint density at radius 1 is 1.00 bits per heavy atom. The average Bonchev–Trinajstić information content (AvgIpc) is 3.50. The zero-order chi connectivity index (χ0) is 24.8. The molecular formula is C27H27BrN6O2. The van der Waals surface area contributed by atoms with Crippen LogP contribution in [0.1, 0.15) is 11.4 Å². The van der Waals surface area contributed by atoms with Gasteiger partial charge in [0.1, 0.15) is 0 Å². The lowest BCUT2D eigenvalue weighted by atomic mass is 10.0. The number of benzene rings is 3. The molecule has 0 atom stereocenters. The molecule has 8 nitrogen and oxygen atoms in total. The van der Waals surface area contributed by atoms with Crippen LogP contribution < -0.4 is 15.1 Å². The highest BCUT2D eigenvalue weighted by Crippen LogP contribution is 2.39. The number of urea groups is 1. The van der Waals surface area contributed by atoms with Crippen molar-refractivity contribution >= 4 is 49.8 Å². The molecule has 2 aliphatic heterocycles. The molecule has 2 amide bonds. The number of hydrogen-bond acceptors (Lipinski definition) is 6. The number of carbonyl (C=O) groups is 1. The van der Waals surface area contributed by atoms with Crippen molar-refractivity contribution in [3.63, 3.8) is 0 Å². The monoisotopic (exact) mass is 546 g/mol. The molecule has 0 aliphatic carbocycles. The smallest absolute Gasteiger partial charge is 0.326 e. The van der Waals surface area contributed by atoms with Crippen molar-refractivity contribution in [1.82, 2.24) is 15.0 Å². The molecule has 6 rings (SSSR count). The summed E-state index contributed by atoms with van der Waals surface area (Å²) in [5, 5.41) is 8.95. The second-order valence-corrected chi connectivity index (χ2v) is 10.3. The van der Waals surface area contributed by atoms with Crippen LogP contribution in [0.3, 0.4) is 0 Å². The van der Waals surface area contributed by atoms with E-state index in [0.29, 0.717) is 18.3 Å². The Kier molecular flexibility index (Phi) is 5.89. The van der Waals surface area contributed by atoms with E-state index in [1.807, 2.05) is 41.3 Å². The van der Waals surface area contributed by atoms with E-state index < -0.39 is 0 Å². The highest BCUT2D eigenvalue weighted by molar-refractivity contribution is 9.10. The molecule has 1 fully saturated rings. The Bertz CT molecular complexity index is 1460. The minimum Gasteiger partial charge on any atom is -0.368 e. The Morgan fingerprint density at radius 2 is 1.78 bits per heavy atom. The zero-order valence-corrected chi connectivity index (χ0v) is 21.9. The van der Waals surface area contributed by atoms with Crippen molar-refractivity contribution in [3.05, 3.63) is 64.4 Å². The van der Waals surface area contributed by atoms with E-state index >= 15 is 0 Å². The number of amides is 2. The number of rotatable bonds is 3. The van der Waals surface area contributed by atoms with Crippen molar-refractivity contribution in [1.29, 1.82) is 0 Å². The molecule has 0 saturated carbocycles. The van der Waals surface area contributed by atoms with Gasteiger partial charge in [0, 0.05) is 48.1 Å². The maximum absolute atomic E-state index is 13.5. The summed E-state index contributed by atoms with van der Waals surface area (Å²) in [5.74, 6) is 1.05. The predicted octanol–water partition coefficient (Wildman–Crippen LogP) is 5.31. The number of nitrogens with one attached hydrogen (secondary N) is 1. The van der Waals surface area contributed by atoms with E-state index in [9.17, 15) is 4.79 Å². The number of fused-ring (bicyclic) bond motifs is 2. The number of anilines is 3. The van der Waals surface area contributed by atoms with Gasteiger partial charge in [0.25, 0.3) is 5.89 Å². The van der Waals surface area contributed by atoms with Gasteiger partial charge < -0.3 is 19.6 Å². The molecule has 2 aliphatic rings. The van der Waals surface area contributed by atoms with Gasteiger partial charge in [0.05, 0.1) is 17.1 Å². The summed E-state index contributed by atoms with van der Waals surface area (Å²) in [5.41, 5.74) is 4.90. The number of halogens is 1. The first-order valence-electron chi connectivity index (χ1n) is 12.1. The fourth-order valence-corrected chi connectivity index (χ4v) is 5.73. The van der Waals surface area contributed by atoms with E-state index in [-0.39, 0.29) is 6.03 Å². The molecule has 9 heteroatoms. The van der Waals surface area contributed by atoms with Crippen LogP contribution >= 0.6 is 15.9 Å². The number of hydrogen-bond donors (Lipinski definition) is 1. The van der Waals surface area contributed by atoms with Gasteiger partial charge in [-0.15, -0.1) is 0 Å². The molecule has 1 saturated heterocycles. The van der Waals surface area contributed by atoms with Crippen molar-refractivity contribution < 1.29 is 9.32 Å². The maximum atomic E-state index is 13.5. The molecular weight excluding hydrogens is 520 g/mol. The lowest BCUT2D eigenvalue weighted by Gasteiger charge is -2.35. The maximum Gasteiger partial charge on any atom is 0.326 e. The van der Waals surface area contributed by atoms with E-state index in [1.54, 1.807) is 6.92 Å². The van der Waals surface area contributed by atoms with E-state index in [1.165, 1.54) is 5.56 Å². The fraction of sp³-hybridized carbons (Fsp3) is 0.296. The van der Waals surface area contributed by atoms with Gasteiger partial charge in [0.15, 0.2) is 5.82 Å². The molecule has 1 N–H and O–H groups in total. The largest absolute Gasteiger partial charge is 0.368 e. The van der Waals surface area contributed by atoms with Crippen LogP contribution in [0.25, 0.3) is 22.2 Å². The van der Waals surface area contributed by atoms with Gasteiger partial charge in [-0.1, -0.05) is 29.4 Å². The Hall–Kier alpha value is -3.43. The SMILES string of the molecule is Cc1noc(-c2cccc3c(NC(=O)N4CCc5cc(Br)c(N6CCN(C)CC6)cc54)cccc23)n1. The summed E-state index contributed by atoms with van der Waals surface area (Å²) in [6, 6.07) is 16.0. The van der Waals surface area contributed by atoms with Crippen molar-refractivity contribution in [2.75, 3.05) is 54.9 Å². The number of piperazine rings is 1. The van der Waals surface area contributed by atoms with Gasteiger partial charge in [0.2, 0.25) is 0 Å². The predicted molar refractivity (Wildman–Crippen MR) is 146 cm³/mol. The van der Waals surface area contributed by atoms with Crippen molar-refractivity contribution in [2.24, 2.45) is 0 Å². The third-order valence-corrected chi connectivity index (χ3v) is 7.69. The minimum atomic E-state index is -0.132. The van der Waals surface area contributed by atoms with Crippen molar-refractivity contribution in [2.45, 2.75) is 13.3 Å². The fourth-order valence-electron chi connectivity index (χ4n) is 5.09. The first-order chi connectivity index (χ1) is 17.5. The molecule has 1 aromatic heterocycles. The first-order valence-corrected chi connectivity index (χ1v) is 12.9. The molecule has 4 aromatic rings. The third-order valence-electron chi connectivity index (χ3n) is 7.05. The number of nitrogens with zero attached hydrogens (tertiary/aromatic N) is 5. The molecule has 0 radical (unpaired) electrons. The topological polar surface area (TPSA) is 77.7 Å². The summed E-state index contributed by atoms with van der Waals surface area (Å²) in [6.45, 7) is 6.44. The number of aromatic nitrogens is 2. The summed E-state index contributed by atoms with van der Waals surface area (Å²) in [7, 11) is 2.15. The van der Waals surface area contributed by atoms with E-state index in [0.717, 1.165) is 70.5 Å². The molecule has 0 spiro atoms. The Labute approximate surface area is 218 Å². The second kappa shape index (κ2) is 9.22. The molecule has 0 bridgehead atoms. The summed E-state index contributed by atoms with van der Waals surface area (Å²) in [6.07, 6.45) is 0.834. The van der Waals surface area contributed by atoms with Gasteiger partial charge in [-0.05, 0) is 71.5 Å². The number of aryl methyl sites for hydroxylation is 1. The number of carbonyl (C=O) groups excluding carboxylic acids is 1. The normalized spacial score (nSPS) is 16.0. The molecule has 36 heavy (non-hydrogen) atoms. The summed E-state index contributed by atoms with van der Waals surface area (Å²) >= 11 is 3.77. The highest BCUT2D eigenvalue weighted by Gasteiger charge is 2.28. The van der Waals surface area contributed by atoms with Crippen LogP contribution in [0.15, 0.2) is 57.5 Å². The average molecular weight is 547 g/mol. The first kappa shape index (κ1) is 23.0. The minimum absolute atomic E-state index is 0.132. The van der Waals surface area contributed by atoms with E-state index in [2.05, 4.69) is 60.4 Å². The van der Waals surface area contributed by atoms with Gasteiger partial charge in [-0.2, -0.15) is 4.98 Å². The van der Waals surface area contributed by atoms with Crippen molar-refractivity contribution in [3.8, 4) is 11.5 Å². The number of likely N-dealkylation sites (N-methyl/N-ethyl adjacent to an activating group) is 1. The summed E-state index contributed by atoms with van der Waals surface area (Å²) in [4.78, 5) is 24.5. The quantitative estimate of drug-likeness (QED) is 0.375. The lowest BCUT2D eigenvalue weighted by Crippen LogP contribution is -2.44. The summed E-state index contributed by atoms with van der Waals surface area (Å²) < 4.78 is 6.50. The van der Waals surface area contributed by atoms with Gasteiger partial charge in [-0.3, -0.25) is 4.90 Å². The third kappa shape index (κ3) is 4.12. The van der Waals surface area contributed by atoms with Crippen LogP contribution in [0.5, 0.6) is 0 Å². The molecule has 184 valence electrons. The van der Waals surface area contributed by atoms with Crippen LogP contribution in [0, 0.1) is 6.92 Å². The zero-order valence-electron chi connectivity index (χ0n) is 20.3. The Morgan fingerprint density at radius 3 is 2.56 bits per heavy atom. The molecule has 3 heterocycles. The van der Waals surface area contributed by atoms with Gasteiger partial charge in [-0.25, -0.2) is 4.79 Å². The van der Waals surface area contributed by atoms with Crippen LogP contribution in [-0.4, -0.2) is 60.8 Å². The van der Waals surface area contributed by atoms with Crippen LogP contribution in [-0.2, 0) is 6.42 Å². The van der Waals surface area contributed by atoms with Crippen LogP contribution in [0.4, 0.5) is 21.9 Å².